The summed E-state index contributed by atoms with van der Waals surface area (Å²) in [6.45, 7) is 1.32. The fraction of sp³-hybridized carbons (Fsp3) is 0.182. The van der Waals surface area contributed by atoms with Crippen LogP contribution in [0.4, 0.5) is 5.69 Å². The van der Waals surface area contributed by atoms with Crippen LogP contribution in [0.1, 0.15) is 28.8 Å². The van der Waals surface area contributed by atoms with E-state index in [0.717, 1.165) is 28.6 Å². The van der Waals surface area contributed by atoms with Crippen LogP contribution < -0.4 is 5.32 Å². The molecule has 1 aliphatic rings. The second-order valence-electron chi connectivity index (χ2n) is 6.73. The number of carbonyl (C=O) groups excluding carboxylic acids is 2. The number of pyridine rings is 2. The van der Waals surface area contributed by atoms with Crippen molar-refractivity contribution in [2.75, 3.05) is 11.9 Å². The van der Waals surface area contributed by atoms with E-state index in [1.807, 2.05) is 47.4 Å². The summed E-state index contributed by atoms with van der Waals surface area (Å²) in [5.41, 5.74) is 2.18. The van der Waals surface area contributed by atoms with Gasteiger partial charge in [0.05, 0.1) is 0 Å². The van der Waals surface area contributed by atoms with Gasteiger partial charge in [-0.25, -0.2) is 9.97 Å². The first-order valence-corrected chi connectivity index (χ1v) is 10.2. The van der Waals surface area contributed by atoms with Gasteiger partial charge in [0.25, 0.3) is 5.91 Å². The van der Waals surface area contributed by atoms with Gasteiger partial charge in [0.15, 0.2) is 0 Å². The fourth-order valence-corrected chi connectivity index (χ4v) is 3.94. The molecule has 0 saturated carbocycles. The molecule has 3 heterocycles. The molecule has 146 valence electrons. The van der Waals surface area contributed by atoms with E-state index in [-0.39, 0.29) is 11.8 Å². The first kappa shape index (κ1) is 19.1. The number of nitrogens with one attached hydrogen (secondary N) is 1. The molecule has 0 unspecified atom stereocenters. The second kappa shape index (κ2) is 8.87. The summed E-state index contributed by atoms with van der Waals surface area (Å²) in [4.78, 5) is 35.0. The Balaban J connectivity index is 1.43. The minimum absolute atomic E-state index is 0.176. The standard InChI is InChI=1S/C22H20N4O2S/c27-21-8-4-12-26(21)15-16-5-3-6-17(13-16)22(28)25-18-9-11-24-20(14-18)29-19-7-1-2-10-23-19/h1-3,5-7,9-11,13-14H,4,8,12,15H2,(H,24,25,28). The van der Waals surface area contributed by atoms with Crippen molar-refractivity contribution in [2.45, 2.75) is 29.4 Å². The van der Waals surface area contributed by atoms with Crippen LogP contribution in [0, 0.1) is 0 Å². The van der Waals surface area contributed by atoms with Crippen LogP contribution in [0.3, 0.4) is 0 Å². The number of anilines is 1. The molecule has 6 nitrogen and oxygen atoms in total. The average Bonchev–Trinajstić information content (AvgIpc) is 3.14. The zero-order valence-corrected chi connectivity index (χ0v) is 16.6. The van der Waals surface area contributed by atoms with Crippen molar-refractivity contribution in [3.05, 3.63) is 78.1 Å². The van der Waals surface area contributed by atoms with E-state index >= 15 is 0 Å². The molecule has 3 aromatic rings. The van der Waals surface area contributed by atoms with Crippen molar-refractivity contribution in [1.82, 2.24) is 14.9 Å². The molecule has 1 fully saturated rings. The van der Waals surface area contributed by atoms with E-state index in [4.69, 9.17) is 0 Å². The van der Waals surface area contributed by atoms with Crippen LogP contribution >= 0.6 is 11.8 Å². The Labute approximate surface area is 173 Å². The number of likely N-dealkylation sites (tertiary alicyclic amines) is 1. The zero-order valence-electron chi connectivity index (χ0n) is 15.7. The SMILES string of the molecule is O=C(Nc1ccnc(Sc2ccccn2)c1)c1cccc(CN2CCCC2=O)c1. The predicted octanol–water partition coefficient (Wildman–Crippen LogP) is 4.00. The summed E-state index contributed by atoms with van der Waals surface area (Å²) in [6.07, 6.45) is 4.91. The van der Waals surface area contributed by atoms with Crippen molar-refractivity contribution >= 4 is 29.3 Å². The molecule has 0 aliphatic carbocycles. The summed E-state index contributed by atoms with van der Waals surface area (Å²) < 4.78 is 0. The lowest BCUT2D eigenvalue weighted by Crippen LogP contribution is -2.24. The van der Waals surface area contributed by atoms with Gasteiger partial charge in [-0.15, -0.1) is 0 Å². The maximum Gasteiger partial charge on any atom is 0.255 e. The Bertz CT molecular complexity index is 1030. The number of amides is 2. The number of rotatable bonds is 6. The van der Waals surface area contributed by atoms with E-state index in [1.165, 1.54) is 11.8 Å². The number of aromatic nitrogens is 2. The lowest BCUT2D eigenvalue weighted by atomic mass is 10.1. The fourth-order valence-electron chi connectivity index (χ4n) is 3.16. The molecule has 7 heteroatoms. The van der Waals surface area contributed by atoms with Gasteiger partial charge < -0.3 is 10.2 Å². The van der Waals surface area contributed by atoms with Crippen molar-refractivity contribution in [2.24, 2.45) is 0 Å². The highest BCUT2D eigenvalue weighted by Gasteiger charge is 2.20. The zero-order chi connectivity index (χ0) is 20.1. The van der Waals surface area contributed by atoms with Gasteiger partial charge in [0.1, 0.15) is 10.1 Å². The molecule has 1 aliphatic heterocycles. The number of benzene rings is 1. The van der Waals surface area contributed by atoms with E-state index < -0.39 is 0 Å². The second-order valence-corrected chi connectivity index (χ2v) is 7.77. The molecular weight excluding hydrogens is 384 g/mol. The van der Waals surface area contributed by atoms with Crippen LogP contribution in [0.25, 0.3) is 0 Å². The highest BCUT2D eigenvalue weighted by atomic mass is 32.2. The van der Waals surface area contributed by atoms with E-state index in [0.29, 0.717) is 24.2 Å². The Morgan fingerprint density at radius 3 is 2.72 bits per heavy atom. The topological polar surface area (TPSA) is 75.2 Å². The highest BCUT2D eigenvalue weighted by Crippen LogP contribution is 2.25. The molecule has 2 amide bonds. The number of hydrogen-bond acceptors (Lipinski definition) is 5. The smallest absolute Gasteiger partial charge is 0.255 e. The monoisotopic (exact) mass is 404 g/mol. The van der Waals surface area contributed by atoms with Crippen LogP contribution in [0.5, 0.6) is 0 Å². The predicted molar refractivity (Wildman–Crippen MR) is 112 cm³/mol. The molecule has 0 bridgehead atoms. The summed E-state index contributed by atoms with van der Waals surface area (Å²) in [5, 5.41) is 4.51. The third-order valence-corrected chi connectivity index (χ3v) is 5.46. The van der Waals surface area contributed by atoms with E-state index in [1.54, 1.807) is 24.5 Å². The van der Waals surface area contributed by atoms with Crippen LogP contribution in [0.2, 0.25) is 0 Å². The number of carbonyl (C=O) groups is 2. The first-order chi connectivity index (χ1) is 14.2. The largest absolute Gasteiger partial charge is 0.338 e. The van der Waals surface area contributed by atoms with Gasteiger partial charge in [-0.05, 0) is 48.4 Å². The first-order valence-electron chi connectivity index (χ1n) is 9.40. The van der Waals surface area contributed by atoms with Gasteiger partial charge in [-0.1, -0.05) is 30.0 Å². The molecule has 0 atom stereocenters. The highest BCUT2D eigenvalue weighted by molar-refractivity contribution is 7.99. The van der Waals surface area contributed by atoms with E-state index in [2.05, 4.69) is 15.3 Å². The molecule has 1 aromatic carbocycles. The van der Waals surface area contributed by atoms with E-state index in [9.17, 15) is 9.59 Å². The summed E-state index contributed by atoms with van der Waals surface area (Å²) in [7, 11) is 0. The normalized spacial score (nSPS) is 13.5. The van der Waals surface area contributed by atoms with Crippen LogP contribution in [-0.4, -0.2) is 33.2 Å². The van der Waals surface area contributed by atoms with Crippen molar-refractivity contribution < 1.29 is 9.59 Å². The Kier molecular flexibility index (Phi) is 5.86. The molecule has 1 saturated heterocycles. The molecular formula is C22H20N4O2S. The Morgan fingerprint density at radius 2 is 1.93 bits per heavy atom. The molecule has 4 rings (SSSR count). The third-order valence-electron chi connectivity index (χ3n) is 4.57. The maximum absolute atomic E-state index is 12.7. The third kappa shape index (κ3) is 5.00. The summed E-state index contributed by atoms with van der Waals surface area (Å²) >= 11 is 1.43. The molecule has 0 radical (unpaired) electrons. The van der Waals surface area contributed by atoms with Crippen molar-refractivity contribution in [1.29, 1.82) is 0 Å². The van der Waals surface area contributed by atoms with Gasteiger partial charge in [0.2, 0.25) is 5.91 Å². The maximum atomic E-state index is 12.7. The van der Waals surface area contributed by atoms with Gasteiger partial charge in [-0.3, -0.25) is 9.59 Å². The van der Waals surface area contributed by atoms with Gasteiger partial charge in [0, 0.05) is 43.2 Å². The molecule has 1 N–H and O–H groups in total. The lowest BCUT2D eigenvalue weighted by Gasteiger charge is -2.16. The Hall–Kier alpha value is -3.19. The Morgan fingerprint density at radius 1 is 1.03 bits per heavy atom. The summed E-state index contributed by atoms with van der Waals surface area (Å²) in [5.74, 6) is -0.0193. The number of nitrogens with zero attached hydrogens (tertiary/aromatic N) is 3. The van der Waals surface area contributed by atoms with Crippen molar-refractivity contribution in [3.8, 4) is 0 Å². The molecule has 0 spiro atoms. The number of hydrogen-bond donors (Lipinski definition) is 1. The van der Waals surface area contributed by atoms with Crippen molar-refractivity contribution in [3.63, 3.8) is 0 Å². The lowest BCUT2D eigenvalue weighted by molar-refractivity contribution is -0.128. The average molecular weight is 404 g/mol. The van der Waals surface area contributed by atoms with Crippen LogP contribution in [-0.2, 0) is 11.3 Å². The van der Waals surface area contributed by atoms with Crippen LogP contribution in [0.15, 0.2) is 77.0 Å². The summed E-state index contributed by atoms with van der Waals surface area (Å²) in [6, 6.07) is 16.7. The molecule has 29 heavy (non-hydrogen) atoms. The quantitative estimate of drug-likeness (QED) is 0.672. The van der Waals surface area contributed by atoms with Gasteiger partial charge >= 0.3 is 0 Å². The molecule has 2 aromatic heterocycles. The minimum atomic E-state index is -0.195. The van der Waals surface area contributed by atoms with Gasteiger partial charge in [-0.2, -0.15) is 0 Å². The minimum Gasteiger partial charge on any atom is -0.338 e.